The van der Waals surface area contributed by atoms with Gasteiger partial charge in [0.2, 0.25) is 12.7 Å². The molecule has 0 aliphatic carbocycles. The molecule has 1 aromatic rings. The highest BCUT2D eigenvalue weighted by Gasteiger charge is 2.24. The van der Waals surface area contributed by atoms with E-state index in [1.165, 1.54) is 0 Å². The van der Waals surface area contributed by atoms with Crippen LogP contribution in [0, 0.1) is 5.92 Å². The van der Waals surface area contributed by atoms with E-state index < -0.39 is 0 Å². The summed E-state index contributed by atoms with van der Waals surface area (Å²) in [4.78, 5) is 25.5. The quantitative estimate of drug-likeness (QED) is 0.916. The minimum Gasteiger partial charge on any atom is -0.454 e. The summed E-state index contributed by atoms with van der Waals surface area (Å²) in [6.07, 6.45) is 1.85. The van der Waals surface area contributed by atoms with Gasteiger partial charge in [-0.25, -0.2) is 0 Å². The monoisotopic (exact) mass is 304 g/mol. The van der Waals surface area contributed by atoms with E-state index in [-0.39, 0.29) is 18.6 Å². The third-order valence-electron chi connectivity index (χ3n) is 4.25. The molecule has 1 N–H and O–H groups in total. The van der Waals surface area contributed by atoms with Gasteiger partial charge in [-0.05, 0) is 30.9 Å². The largest absolute Gasteiger partial charge is 0.454 e. The van der Waals surface area contributed by atoms with Crippen molar-refractivity contribution >= 4 is 11.8 Å². The Kier molecular flexibility index (Phi) is 4.18. The van der Waals surface area contributed by atoms with Gasteiger partial charge in [-0.15, -0.1) is 0 Å². The number of carbonyl (C=O) groups is 2. The van der Waals surface area contributed by atoms with Crippen molar-refractivity contribution in [2.24, 2.45) is 5.92 Å². The molecule has 22 heavy (non-hydrogen) atoms. The van der Waals surface area contributed by atoms with Crippen LogP contribution >= 0.6 is 0 Å². The Balaban J connectivity index is 1.53. The van der Waals surface area contributed by atoms with Crippen LogP contribution in [0.2, 0.25) is 0 Å². The Morgan fingerprint density at radius 3 is 2.77 bits per heavy atom. The molecule has 1 aromatic carbocycles. The van der Waals surface area contributed by atoms with Crippen LogP contribution in [0.25, 0.3) is 0 Å². The molecular weight excluding hydrogens is 284 g/mol. The topological polar surface area (TPSA) is 67.9 Å². The number of likely N-dealkylation sites (tertiary alicyclic amines) is 1. The Morgan fingerprint density at radius 1 is 1.27 bits per heavy atom. The molecule has 0 atom stereocenters. The van der Waals surface area contributed by atoms with Gasteiger partial charge in [-0.1, -0.05) is 6.07 Å². The minimum atomic E-state index is -0.142. The normalized spacial score (nSPS) is 17.4. The second-order valence-corrected chi connectivity index (χ2v) is 5.70. The van der Waals surface area contributed by atoms with Crippen molar-refractivity contribution in [2.75, 3.05) is 26.4 Å². The van der Waals surface area contributed by atoms with Crippen LogP contribution in [0.15, 0.2) is 18.2 Å². The van der Waals surface area contributed by atoms with Gasteiger partial charge >= 0.3 is 0 Å². The molecule has 2 aliphatic rings. The van der Waals surface area contributed by atoms with E-state index in [1.807, 2.05) is 4.90 Å². The first-order valence-electron chi connectivity index (χ1n) is 7.57. The van der Waals surface area contributed by atoms with Crippen LogP contribution in [0.3, 0.4) is 0 Å². The van der Waals surface area contributed by atoms with Crippen molar-refractivity contribution in [3.8, 4) is 11.5 Å². The summed E-state index contributed by atoms with van der Waals surface area (Å²) in [5, 5.41) is 2.96. The third kappa shape index (κ3) is 3.00. The maximum Gasteiger partial charge on any atom is 0.255 e. The van der Waals surface area contributed by atoms with Crippen molar-refractivity contribution in [1.82, 2.24) is 10.2 Å². The van der Waals surface area contributed by atoms with E-state index in [0.717, 1.165) is 25.9 Å². The van der Waals surface area contributed by atoms with E-state index in [1.54, 1.807) is 25.1 Å². The number of piperidine rings is 1. The number of benzene rings is 1. The molecule has 1 saturated heterocycles. The van der Waals surface area contributed by atoms with Crippen LogP contribution in [0.4, 0.5) is 0 Å². The number of hydrogen-bond acceptors (Lipinski definition) is 4. The third-order valence-corrected chi connectivity index (χ3v) is 4.25. The van der Waals surface area contributed by atoms with Crippen molar-refractivity contribution in [3.63, 3.8) is 0 Å². The first kappa shape index (κ1) is 14.7. The van der Waals surface area contributed by atoms with E-state index in [4.69, 9.17) is 9.47 Å². The zero-order valence-corrected chi connectivity index (χ0v) is 12.6. The molecular formula is C16H20N2O4. The van der Waals surface area contributed by atoms with Gasteiger partial charge in [0.05, 0.1) is 5.56 Å². The molecule has 0 aromatic heterocycles. The molecule has 2 amide bonds. The van der Waals surface area contributed by atoms with E-state index in [9.17, 15) is 9.59 Å². The van der Waals surface area contributed by atoms with Crippen LogP contribution in [-0.2, 0) is 4.79 Å². The highest BCUT2D eigenvalue weighted by atomic mass is 16.7. The van der Waals surface area contributed by atoms with E-state index >= 15 is 0 Å². The average molecular weight is 304 g/mol. The number of amides is 2. The van der Waals surface area contributed by atoms with Crippen LogP contribution < -0.4 is 14.8 Å². The fourth-order valence-corrected chi connectivity index (χ4v) is 2.89. The van der Waals surface area contributed by atoms with Crippen molar-refractivity contribution in [1.29, 1.82) is 0 Å². The first-order valence-corrected chi connectivity index (χ1v) is 7.57. The van der Waals surface area contributed by atoms with Crippen molar-refractivity contribution in [2.45, 2.75) is 19.8 Å². The summed E-state index contributed by atoms with van der Waals surface area (Å²) >= 11 is 0. The zero-order valence-electron chi connectivity index (χ0n) is 12.6. The molecule has 0 saturated carbocycles. The Hall–Kier alpha value is -2.24. The van der Waals surface area contributed by atoms with E-state index in [2.05, 4.69) is 5.32 Å². The lowest BCUT2D eigenvalue weighted by molar-refractivity contribution is -0.130. The molecule has 0 spiro atoms. The molecule has 2 heterocycles. The summed E-state index contributed by atoms with van der Waals surface area (Å²) in [6, 6.07) is 5.31. The lowest BCUT2D eigenvalue weighted by Gasteiger charge is -2.31. The number of nitrogens with zero attached hydrogens (tertiary/aromatic N) is 1. The minimum absolute atomic E-state index is 0.125. The molecule has 2 aliphatic heterocycles. The van der Waals surface area contributed by atoms with Gasteiger partial charge in [0.25, 0.3) is 5.91 Å². The molecule has 3 rings (SSSR count). The summed E-state index contributed by atoms with van der Waals surface area (Å²) in [5.41, 5.74) is 0.510. The van der Waals surface area contributed by atoms with Gasteiger partial charge in [0.1, 0.15) is 0 Å². The zero-order chi connectivity index (χ0) is 15.5. The smallest absolute Gasteiger partial charge is 0.255 e. The lowest BCUT2D eigenvalue weighted by Crippen LogP contribution is -2.40. The van der Waals surface area contributed by atoms with Crippen LogP contribution in [0.1, 0.15) is 30.1 Å². The van der Waals surface area contributed by atoms with Crippen LogP contribution in [0.5, 0.6) is 11.5 Å². The number of hydrogen-bond donors (Lipinski definition) is 1. The highest BCUT2D eigenvalue weighted by Crippen LogP contribution is 2.35. The van der Waals surface area contributed by atoms with Crippen molar-refractivity contribution in [3.05, 3.63) is 23.8 Å². The van der Waals surface area contributed by atoms with Crippen LogP contribution in [-0.4, -0.2) is 43.1 Å². The van der Waals surface area contributed by atoms with Gasteiger partial charge in [-0.3, -0.25) is 9.59 Å². The number of fused-ring (bicyclic) bond motifs is 1. The highest BCUT2D eigenvalue weighted by molar-refractivity contribution is 5.97. The molecule has 0 radical (unpaired) electrons. The van der Waals surface area contributed by atoms with Gasteiger partial charge in [0, 0.05) is 26.6 Å². The number of rotatable bonds is 3. The fraction of sp³-hybridized carbons (Fsp3) is 0.500. The second kappa shape index (κ2) is 6.25. The standard InChI is InChI=1S/C16H20N2O4/c1-11(19)18-7-5-12(6-8-18)9-17-16(20)13-3-2-4-14-15(13)22-10-21-14/h2-4,12H,5-10H2,1H3,(H,17,20). The van der Waals surface area contributed by atoms with Gasteiger partial charge < -0.3 is 19.7 Å². The predicted molar refractivity (Wildman–Crippen MR) is 79.9 cm³/mol. The number of nitrogens with one attached hydrogen (secondary N) is 1. The molecule has 0 bridgehead atoms. The fourth-order valence-electron chi connectivity index (χ4n) is 2.89. The predicted octanol–water partition coefficient (Wildman–Crippen LogP) is 1.40. The average Bonchev–Trinajstić information content (AvgIpc) is 3.01. The maximum absolute atomic E-state index is 12.3. The molecule has 6 heteroatoms. The van der Waals surface area contributed by atoms with Gasteiger partial charge in [-0.2, -0.15) is 0 Å². The maximum atomic E-state index is 12.3. The molecule has 1 fully saturated rings. The number of carbonyl (C=O) groups excluding carboxylic acids is 2. The second-order valence-electron chi connectivity index (χ2n) is 5.70. The number of ether oxygens (including phenoxy) is 2. The van der Waals surface area contributed by atoms with E-state index in [0.29, 0.717) is 29.5 Å². The molecule has 0 unspecified atom stereocenters. The molecule has 6 nitrogen and oxygen atoms in total. The summed E-state index contributed by atoms with van der Waals surface area (Å²) in [6.45, 7) is 3.92. The summed E-state index contributed by atoms with van der Waals surface area (Å²) in [5.74, 6) is 1.53. The molecule has 118 valence electrons. The first-order chi connectivity index (χ1) is 10.6. The number of para-hydroxylation sites is 1. The lowest BCUT2D eigenvalue weighted by atomic mass is 9.96. The Bertz CT molecular complexity index is 580. The summed E-state index contributed by atoms with van der Waals surface area (Å²) in [7, 11) is 0. The van der Waals surface area contributed by atoms with Crippen molar-refractivity contribution < 1.29 is 19.1 Å². The SMILES string of the molecule is CC(=O)N1CCC(CNC(=O)c2cccc3c2OCO3)CC1. The summed E-state index contributed by atoms with van der Waals surface area (Å²) < 4.78 is 10.6. The van der Waals surface area contributed by atoms with Gasteiger partial charge in [0.15, 0.2) is 11.5 Å². The Morgan fingerprint density at radius 2 is 2.05 bits per heavy atom. The Labute approximate surface area is 129 Å².